The predicted molar refractivity (Wildman–Crippen MR) is 76.1 cm³/mol. The number of rotatable bonds is 1. The second kappa shape index (κ2) is 4.39. The molecule has 1 atom stereocenters. The van der Waals surface area contributed by atoms with Crippen molar-refractivity contribution >= 4 is 5.69 Å². The summed E-state index contributed by atoms with van der Waals surface area (Å²) >= 11 is 0. The van der Waals surface area contributed by atoms with Gasteiger partial charge in [0.2, 0.25) is 5.76 Å². The van der Waals surface area contributed by atoms with Gasteiger partial charge < -0.3 is 14.5 Å². The Morgan fingerprint density at radius 3 is 2.75 bits per heavy atom. The second-order valence-electron chi connectivity index (χ2n) is 5.49. The maximum Gasteiger partial charge on any atom is 0.203 e. The zero-order valence-corrected chi connectivity index (χ0v) is 11.7. The van der Waals surface area contributed by atoms with Gasteiger partial charge in [-0.3, -0.25) is 0 Å². The quantitative estimate of drug-likeness (QED) is 0.853. The summed E-state index contributed by atoms with van der Waals surface area (Å²) in [4.78, 5) is 0. The fourth-order valence-corrected chi connectivity index (χ4v) is 2.65. The molecule has 0 bridgehead atoms. The second-order valence-corrected chi connectivity index (χ2v) is 5.49. The molecule has 1 aromatic carbocycles. The highest BCUT2D eigenvalue weighted by atomic mass is 16.5. The first-order valence-corrected chi connectivity index (χ1v) is 6.57. The molecule has 1 N–H and O–H groups in total. The summed E-state index contributed by atoms with van der Waals surface area (Å²) in [6.07, 6.45) is 1.59. The summed E-state index contributed by atoms with van der Waals surface area (Å²) in [7, 11) is 0. The number of ether oxygens (including phenoxy) is 1. The topological polar surface area (TPSA) is 58.2 Å². The Kier molecular flexibility index (Phi) is 2.81. The summed E-state index contributed by atoms with van der Waals surface area (Å²) in [5.74, 6) is 0.319. The van der Waals surface area contributed by atoms with Gasteiger partial charge in [-0.1, -0.05) is 6.07 Å². The van der Waals surface area contributed by atoms with Crippen LogP contribution in [0.25, 0.3) is 11.1 Å². The third-order valence-corrected chi connectivity index (χ3v) is 3.54. The maximum atomic E-state index is 8.83. The Bertz CT molecular complexity index is 695. The SMILES string of the molecule is CC1Nc2ccc(-c3coc(C#N)c3)cc2C(C)(C)O1. The fourth-order valence-electron chi connectivity index (χ4n) is 2.65. The number of fused-ring (bicyclic) bond motifs is 1. The first-order chi connectivity index (χ1) is 9.49. The van der Waals surface area contributed by atoms with Crippen molar-refractivity contribution in [2.45, 2.75) is 32.6 Å². The number of furan rings is 1. The zero-order valence-electron chi connectivity index (χ0n) is 11.7. The van der Waals surface area contributed by atoms with Crippen LogP contribution in [0, 0.1) is 11.3 Å². The Morgan fingerprint density at radius 1 is 1.25 bits per heavy atom. The van der Waals surface area contributed by atoms with E-state index < -0.39 is 0 Å². The molecule has 0 fully saturated rings. The van der Waals surface area contributed by atoms with Gasteiger partial charge in [-0.15, -0.1) is 0 Å². The number of anilines is 1. The molecule has 1 aliphatic rings. The molecule has 4 heteroatoms. The zero-order chi connectivity index (χ0) is 14.3. The molecule has 1 unspecified atom stereocenters. The van der Waals surface area contributed by atoms with Crippen molar-refractivity contribution in [1.29, 1.82) is 5.26 Å². The first kappa shape index (κ1) is 12.8. The van der Waals surface area contributed by atoms with Gasteiger partial charge in [0.25, 0.3) is 0 Å². The van der Waals surface area contributed by atoms with E-state index in [2.05, 4.69) is 25.2 Å². The molecule has 0 saturated carbocycles. The van der Waals surface area contributed by atoms with Crippen molar-refractivity contribution in [2.75, 3.05) is 5.32 Å². The average Bonchev–Trinajstić information content (AvgIpc) is 2.86. The van der Waals surface area contributed by atoms with Gasteiger partial charge >= 0.3 is 0 Å². The van der Waals surface area contributed by atoms with Crippen LogP contribution in [0.2, 0.25) is 0 Å². The molecule has 102 valence electrons. The molecular weight excluding hydrogens is 252 g/mol. The van der Waals surface area contributed by atoms with Crippen molar-refractivity contribution in [3.63, 3.8) is 0 Å². The summed E-state index contributed by atoms with van der Waals surface area (Å²) in [5, 5.41) is 12.1. The minimum Gasteiger partial charge on any atom is -0.453 e. The van der Waals surface area contributed by atoms with Crippen LogP contribution < -0.4 is 5.32 Å². The van der Waals surface area contributed by atoms with Crippen molar-refractivity contribution in [3.05, 3.63) is 41.9 Å². The lowest BCUT2D eigenvalue weighted by atomic mass is 9.91. The standard InChI is InChI=1S/C16H16N2O2/c1-10-18-15-5-4-11(7-14(15)16(2,3)20-10)12-6-13(8-17)19-9-12/h4-7,9-10,18H,1-3H3. The van der Waals surface area contributed by atoms with E-state index in [9.17, 15) is 0 Å². The molecule has 0 aliphatic carbocycles. The lowest BCUT2D eigenvalue weighted by Gasteiger charge is -2.37. The third kappa shape index (κ3) is 2.06. The smallest absolute Gasteiger partial charge is 0.203 e. The monoisotopic (exact) mass is 268 g/mol. The largest absolute Gasteiger partial charge is 0.453 e. The van der Waals surface area contributed by atoms with E-state index in [-0.39, 0.29) is 11.8 Å². The Balaban J connectivity index is 2.07. The van der Waals surface area contributed by atoms with Crippen LogP contribution >= 0.6 is 0 Å². The number of hydrogen-bond donors (Lipinski definition) is 1. The summed E-state index contributed by atoms with van der Waals surface area (Å²) < 4.78 is 11.1. The molecule has 1 aliphatic heterocycles. The first-order valence-electron chi connectivity index (χ1n) is 6.57. The minimum absolute atomic E-state index is 0.0116. The van der Waals surface area contributed by atoms with E-state index >= 15 is 0 Å². The highest BCUT2D eigenvalue weighted by Gasteiger charge is 2.31. The molecule has 0 radical (unpaired) electrons. The highest BCUT2D eigenvalue weighted by molar-refractivity contribution is 5.70. The van der Waals surface area contributed by atoms with E-state index in [0.717, 1.165) is 22.4 Å². The molecule has 3 rings (SSSR count). The van der Waals surface area contributed by atoms with Crippen LogP contribution in [-0.2, 0) is 10.3 Å². The normalized spacial score (nSPS) is 19.8. The Hall–Kier alpha value is -2.25. The van der Waals surface area contributed by atoms with E-state index in [0.29, 0.717) is 5.76 Å². The van der Waals surface area contributed by atoms with E-state index in [1.807, 2.05) is 25.1 Å². The van der Waals surface area contributed by atoms with E-state index in [4.69, 9.17) is 14.4 Å². The van der Waals surface area contributed by atoms with Crippen LogP contribution in [0.4, 0.5) is 5.69 Å². The van der Waals surface area contributed by atoms with Crippen LogP contribution in [0.15, 0.2) is 34.9 Å². The Labute approximate surface area is 118 Å². The molecule has 1 aromatic heterocycles. The van der Waals surface area contributed by atoms with Crippen molar-refractivity contribution in [3.8, 4) is 17.2 Å². The minimum atomic E-state index is -0.349. The third-order valence-electron chi connectivity index (χ3n) is 3.54. The van der Waals surface area contributed by atoms with Crippen molar-refractivity contribution < 1.29 is 9.15 Å². The lowest BCUT2D eigenvalue weighted by molar-refractivity contribution is -0.0632. The van der Waals surface area contributed by atoms with Gasteiger partial charge in [0.1, 0.15) is 18.6 Å². The van der Waals surface area contributed by atoms with Gasteiger partial charge in [0, 0.05) is 22.9 Å². The van der Waals surface area contributed by atoms with Crippen LogP contribution in [0.5, 0.6) is 0 Å². The van der Waals surface area contributed by atoms with E-state index in [1.54, 1.807) is 12.3 Å². The van der Waals surface area contributed by atoms with Crippen molar-refractivity contribution in [2.24, 2.45) is 0 Å². The summed E-state index contributed by atoms with van der Waals surface area (Å²) in [6, 6.07) is 9.89. The maximum absolute atomic E-state index is 8.83. The molecule has 0 amide bonds. The van der Waals surface area contributed by atoms with Gasteiger partial charge in [-0.05, 0) is 38.5 Å². The summed E-state index contributed by atoms with van der Waals surface area (Å²) in [6.45, 7) is 6.11. The van der Waals surface area contributed by atoms with Crippen LogP contribution in [0.3, 0.4) is 0 Å². The number of benzene rings is 1. The predicted octanol–water partition coefficient (Wildman–Crippen LogP) is 3.84. The molecule has 2 aromatic rings. The molecule has 0 saturated heterocycles. The molecule has 4 nitrogen and oxygen atoms in total. The fraction of sp³-hybridized carbons (Fsp3) is 0.312. The number of nitrogens with one attached hydrogen (secondary N) is 1. The van der Waals surface area contributed by atoms with Crippen LogP contribution in [0.1, 0.15) is 32.1 Å². The number of nitriles is 1. The highest BCUT2D eigenvalue weighted by Crippen LogP contribution is 2.39. The molecular formula is C16H16N2O2. The van der Waals surface area contributed by atoms with Gasteiger partial charge in [-0.2, -0.15) is 5.26 Å². The number of nitrogens with zero attached hydrogens (tertiary/aromatic N) is 1. The van der Waals surface area contributed by atoms with Crippen molar-refractivity contribution in [1.82, 2.24) is 0 Å². The number of hydrogen-bond acceptors (Lipinski definition) is 4. The summed E-state index contributed by atoms with van der Waals surface area (Å²) in [5.41, 5.74) is 3.76. The average molecular weight is 268 g/mol. The van der Waals surface area contributed by atoms with Gasteiger partial charge in [0.15, 0.2) is 0 Å². The Morgan fingerprint density at radius 2 is 2.05 bits per heavy atom. The molecule has 2 heterocycles. The molecule has 20 heavy (non-hydrogen) atoms. The lowest BCUT2D eigenvalue weighted by Crippen LogP contribution is -2.37. The van der Waals surface area contributed by atoms with Gasteiger partial charge in [0.05, 0.1) is 5.60 Å². The van der Waals surface area contributed by atoms with Crippen LogP contribution in [-0.4, -0.2) is 6.23 Å². The van der Waals surface area contributed by atoms with Gasteiger partial charge in [-0.25, -0.2) is 0 Å². The van der Waals surface area contributed by atoms with E-state index in [1.165, 1.54) is 0 Å². The molecule has 0 spiro atoms.